The average molecular weight is 335 g/mol. The highest BCUT2D eigenvalue weighted by Gasteiger charge is 2.30. The summed E-state index contributed by atoms with van der Waals surface area (Å²) in [6.07, 6.45) is 1.77. The van der Waals surface area contributed by atoms with Crippen molar-refractivity contribution in [2.24, 2.45) is 0 Å². The summed E-state index contributed by atoms with van der Waals surface area (Å²) >= 11 is 0. The number of non-ortho nitro benzene ring substituents is 1. The van der Waals surface area contributed by atoms with Crippen LogP contribution in [-0.2, 0) is 15.6 Å². The van der Waals surface area contributed by atoms with Gasteiger partial charge in [0, 0.05) is 12.1 Å². The first-order chi connectivity index (χ1) is 10.6. The Balaban J connectivity index is 3.06. The van der Waals surface area contributed by atoms with E-state index in [4.69, 9.17) is 15.1 Å². The van der Waals surface area contributed by atoms with Crippen molar-refractivity contribution in [2.75, 3.05) is 0 Å². The van der Waals surface area contributed by atoms with Crippen molar-refractivity contribution in [3.8, 4) is 0 Å². The van der Waals surface area contributed by atoms with Gasteiger partial charge in [-0.2, -0.15) is 4.79 Å². The third-order valence-corrected chi connectivity index (χ3v) is 3.45. The van der Waals surface area contributed by atoms with Crippen molar-refractivity contribution < 1.29 is 24.0 Å². The van der Waals surface area contributed by atoms with Crippen LogP contribution in [-0.4, -0.2) is 34.8 Å². The van der Waals surface area contributed by atoms with E-state index in [2.05, 4.69) is 4.79 Å². The highest BCUT2D eigenvalue weighted by molar-refractivity contribution is 6.70. The number of aliphatic carboxylic acids is 1. The molecule has 0 amide bonds. The number of nitrogens with zero attached hydrogens (tertiary/aromatic N) is 3. The fourth-order valence-corrected chi connectivity index (χ4v) is 2.52. The van der Waals surface area contributed by atoms with E-state index >= 15 is 0 Å². The second-order valence-electron chi connectivity index (χ2n) is 5.66. The van der Waals surface area contributed by atoms with E-state index in [0.717, 1.165) is 5.56 Å². The van der Waals surface area contributed by atoms with Crippen molar-refractivity contribution in [1.29, 1.82) is 0 Å². The highest BCUT2D eigenvalue weighted by atomic mass is 28.4. The summed E-state index contributed by atoms with van der Waals surface area (Å²) < 4.78 is 5.66. The minimum atomic E-state index is -2.12. The molecule has 0 aromatic heterocycles. The summed E-state index contributed by atoms with van der Waals surface area (Å²) in [4.78, 5) is 24.0. The number of carboxylic acids is 1. The molecule has 0 spiro atoms. The molecule has 0 aliphatic heterocycles. The first kappa shape index (κ1) is 18.3. The molecule has 23 heavy (non-hydrogen) atoms. The van der Waals surface area contributed by atoms with Gasteiger partial charge < -0.3 is 15.1 Å². The average Bonchev–Trinajstić information content (AvgIpc) is 2.43. The van der Waals surface area contributed by atoms with Gasteiger partial charge in [-0.05, 0) is 37.7 Å². The smallest absolute Gasteiger partial charge is 0.438 e. The molecule has 0 aliphatic rings. The van der Waals surface area contributed by atoms with Crippen LogP contribution in [0.2, 0.25) is 19.6 Å². The standard InChI is InChI=1S/C14H17N3O5Si/c1-23(2,3)22-12(13(16-15)14(18)19)9-6-10-4-7-11(8-5-10)17(20)21/h4-5,7-9H,6H2,1-3H3,(H,18,19). The summed E-state index contributed by atoms with van der Waals surface area (Å²) in [5.74, 6) is -1.42. The van der Waals surface area contributed by atoms with Crippen molar-refractivity contribution >= 4 is 25.7 Å². The van der Waals surface area contributed by atoms with Gasteiger partial charge in [0.1, 0.15) is 0 Å². The van der Waals surface area contributed by atoms with E-state index in [0.29, 0.717) is 0 Å². The highest BCUT2D eigenvalue weighted by Crippen LogP contribution is 2.16. The van der Waals surface area contributed by atoms with Crippen LogP contribution in [0.5, 0.6) is 0 Å². The van der Waals surface area contributed by atoms with Crippen LogP contribution in [0.1, 0.15) is 5.56 Å². The SMILES string of the molecule is C[Si](C)(C)OC(=CCc1ccc([N+](=O)[O-])cc1)C(=[N+]=[N-])C(=O)O. The quantitative estimate of drug-likeness (QED) is 0.156. The van der Waals surface area contributed by atoms with Crippen LogP contribution >= 0.6 is 0 Å². The molecule has 0 heterocycles. The van der Waals surface area contributed by atoms with Gasteiger partial charge in [0.05, 0.1) is 4.92 Å². The lowest BCUT2D eigenvalue weighted by atomic mass is 10.1. The Bertz CT molecular complexity index is 685. The van der Waals surface area contributed by atoms with E-state index in [-0.39, 0.29) is 17.9 Å². The monoisotopic (exact) mass is 335 g/mol. The van der Waals surface area contributed by atoms with E-state index in [1.165, 1.54) is 18.2 Å². The molecule has 0 bridgehead atoms. The number of allylic oxidation sites excluding steroid dienone is 1. The van der Waals surface area contributed by atoms with Gasteiger partial charge in [0.15, 0.2) is 5.76 Å². The molecule has 0 atom stereocenters. The molecule has 0 fully saturated rings. The molecule has 1 rings (SSSR count). The number of hydrogen-bond acceptors (Lipinski definition) is 4. The van der Waals surface area contributed by atoms with Crippen LogP contribution in [0.3, 0.4) is 0 Å². The van der Waals surface area contributed by atoms with Crippen LogP contribution in [0.25, 0.3) is 5.53 Å². The molecule has 0 saturated heterocycles. The number of rotatable bonds is 7. The molecule has 0 unspecified atom stereocenters. The fourth-order valence-electron chi connectivity index (χ4n) is 1.68. The second-order valence-corrected chi connectivity index (χ2v) is 10.1. The van der Waals surface area contributed by atoms with Gasteiger partial charge >= 0.3 is 11.7 Å². The first-order valence-electron chi connectivity index (χ1n) is 6.72. The molecule has 0 aliphatic carbocycles. The van der Waals surface area contributed by atoms with Crippen LogP contribution in [0, 0.1) is 10.1 Å². The molecule has 1 aromatic carbocycles. The summed E-state index contributed by atoms with van der Waals surface area (Å²) in [5.41, 5.74) is 9.01. The minimum absolute atomic E-state index is 0.0162. The maximum Gasteiger partial charge on any atom is 0.438 e. The van der Waals surface area contributed by atoms with E-state index in [9.17, 15) is 14.9 Å². The van der Waals surface area contributed by atoms with Crippen LogP contribution in [0.15, 0.2) is 36.1 Å². The minimum Gasteiger partial charge on any atom is -0.539 e. The Morgan fingerprint density at radius 3 is 2.35 bits per heavy atom. The Hall–Kier alpha value is -2.77. The lowest BCUT2D eigenvalue weighted by Gasteiger charge is -2.18. The number of nitro benzene ring substituents is 1. The number of nitro groups is 1. The van der Waals surface area contributed by atoms with Crippen molar-refractivity contribution in [3.05, 3.63) is 57.3 Å². The lowest BCUT2D eigenvalue weighted by Crippen LogP contribution is -2.30. The molecule has 1 N–H and O–H groups in total. The number of hydrogen-bond donors (Lipinski definition) is 1. The molecule has 0 radical (unpaired) electrons. The zero-order chi connectivity index (χ0) is 17.6. The van der Waals surface area contributed by atoms with Gasteiger partial charge in [-0.3, -0.25) is 10.1 Å². The van der Waals surface area contributed by atoms with E-state index in [1.54, 1.807) is 12.1 Å². The van der Waals surface area contributed by atoms with Crippen LogP contribution in [0.4, 0.5) is 5.69 Å². The molecular formula is C14H17N3O5Si. The zero-order valence-corrected chi connectivity index (χ0v) is 14.0. The van der Waals surface area contributed by atoms with Crippen molar-refractivity contribution in [1.82, 2.24) is 0 Å². The molecule has 0 saturated carbocycles. The van der Waals surface area contributed by atoms with Gasteiger partial charge in [0.2, 0.25) is 8.32 Å². The third-order valence-electron chi connectivity index (χ3n) is 2.62. The van der Waals surface area contributed by atoms with E-state index < -0.39 is 24.9 Å². The van der Waals surface area contributed by atoms with Crippen LogP contribution < -0.4 is 0 Å². The fraction of sp³-hybridized carbons (Fsp3) is 0.286. The summed E-state index contributed by atoms with van der Waals surface area (Å²) in [6.45, 7) is 5.59. The van der Waals surface area contributed by atoms with Gasteiger partial charge in [-0.15, -0.1) is 0 Å². The molecule has 1 aromatic rings. The summed E-state index contributed by atoms with van der Waals surface area (Å²) in [5, 5.41) is 19.7. The number of benzene rings is 1. The Morgan fingerprint density at radius 1 is 1.39 bits per heavy atom. The van der Waals surface area contributed by atoms with E-state index in [1.807, 2.05) is 19.6 Å². The molecule has 8 nitrogen and oxygen atoms in total. The number of carbonyl (C=O) groups is 1. The predicted molar refractivity (Wildman–Crippen MR) is 85.6 cm³/mol. The van der Waals surface area contributed by atoms with Gasteiger partial charge in [-0.1, -0.05) is 12.1 Å². The largest absolute Gasteiger partial charge is 0.539 e. The molecular weight excluding hydrogens is 318 g/mol. The van der Waals surface area contributed by atoms with Gasteiger partial charge in [0.25, 0.3) is 5.69 Å². The normalized spacial score (nSPS) is 11.5. The number of carboxylic acid groups (broad SMARTS) is 1. The first-order valence-corrected chi connectivity index (χ1v) is 10.1. The Kier molecular flexibility index (Phi) is 5.94. The maximum absolute atomic E-state index is 11.1. The summed E-state index contributed by atoms with van der Waals surface area (Å²) in [7, 11) is -2.12. The Labute approximate surface area is 133 Å². The lowest BCUT2D eigenvalue weighted by molar-refractivity contribution is -0.384. The van der Waals surface area contributed by atoms with Gasteiger partial charge in [-0.25, -0.2) is 4.79 Å². The predicted octanol–water partition coefficient (Wildman–Crippen LogP) is 2.63. The second kappa shape index (κ2) is 7.48. The molecule has 122 valence electrons. The van der Waals surface area contributed by atoms with Crippen molar-refractivity contribution in [2.45, 2.75) is 26.1 Å². The Morgan fingerprint density at radius 2 is 1.96 bits per heavy atom. The zero-order valence-electron chi connectivity index (χ0n) is 13.0. The summed E-state index contributed by atoms with van der Waals surface area (Å²) in [6, 6.07) is 5.86. The topological polar surface area (TPSA) is 126 Å². The maximum atomic E-state index is 11.1. The van der Waals surface area contributed by atoms with Crippen molar-refractivity contribution in [3.63, 3.8) is 0 Å². The molecule has 9 heteroatoms. The third kappa shape index (κ3) is 5.85.